The van der Waals surface area contributed by atoms with Gasteiger partial charge in [0.05, 0.1) is 0 Å². The van der Waals surface area contributed by atoms with E-state index in [1.807, 2.05) is 19.1 Å². The second-order valence-electron chi connectivity index (χ2n) is 3.27. The van der Waals surface area contributed by atoms with Crippen LogP contribution in [-0.4, -0.2) is 17.1 Å². The molecule has 78 valence electrons. The van der Waals surface area contributed by atoms with E-state index in [4.69, 9.17) is 10.8 Å². The summed E-state index contributed by atoms with van der Waals surface area (Å²) in [7, 11) is 0. The average molecular weight is 195 g/mol. The molecule has 0 saturated carbocycles. The lowest BCUT2D eigenvalue weighted by atomic mass is 10.1. The monoisotopic (exact) mass is 195 g/mol. The van der Waals surface area contributed by atoms with Crippen molar-refractivity contribution in [3.05, 3.63) is 35.4 Å². The van der Waals surface area contributed by atoms with Gasteiger partial charge in [-0.2, -0.15) is 0 Å². The number of rotatable bonds is 1. The van der Waals surface area contributed by atoms with E-state index in [0.29, 0.717) is 5.56 Å². The Balaban J connectivity index is 0.000000364. The van der Waals surface area contributed by atoms with Gasteiger partial charge in [-0.1, -0.05) is 18.2 Å². The normalized spacial score (nSPS) is 9.21. The Morgan fingerprint density at radius 2 is 1.79 bits per heavy atom. The smallest absolute Gasteiger partial charge is 0.248 e. The Morgan fingerprint density at radius 3 is 2.07 bits per heavy atom. The molecule has 0 aliphatic rings. The van der Waals surface area contributed by atoms with Crippen molar-refractivity contribution in [1.82, 2.24) is 0 Å². The molecule has 0 aliphatic carbocycles. The number of amides is 1. The number of aliphatic hydroxyl groups excluding tert-OH is 1. The van der Waals surface area contributed by atoms with Gasteiger partial charge in [0, 0.05) is 11.7 Å². The Bertz CT molecular complexity index is 292. The lowest BCUT2D eigenvalue weighted by molar-refractivity contribution is 0.0999. The van der Waals surface area contributed by atoms with Crippen molar-refractivity contribution < 1.29 is 9.90 Å². The summed E-state index contributed by atoms with van der Waals surface area (Å²) in [6.07, 6.45) is -0.167. The van der Waals surface area contributed by atoms with Gasteiger partial charge in [0.25, 0.3) is 0 Å². The zero-order valence-corrected chi connectivity index (χ0v) is 8.82. The molecule has 0 spiro atoms. The highest BCUT2D eigenvalue weighted by molar-refractivity contribution is 5.94. The number of benzene rings is 1. The lowest BCUT2D eigenvalue weighted by Gasteiger charge is -1.97. The standard InChI is InChI=1S/C8H9NO.C3H8O/c1-6-4-2-3-5-7(6)8(9)10;1-3(2)4/h2-5H,1H3,(H2,9,10);3-4H,1-2H3. The minimum absolute atomic E-state index is 0.167. The third kappa shape index (κ3) is 5.32. The zero-order chi connectivity index (χ0) is 11.1. The molecule has 3 heteroatoms. The summed E-state index contributed by atoms with van der Waals surface area (Å²) in [4.78, 5) is 10.6. The van der Waals surface area contributed by atoms with Crippen molar-refractivity contribution >= 4 is 5.91 Å². The molecular formula is C11H17NO2. The van der Waals surface area contributed by atoms with Gasteiger partial charge in [-0.3, -0.25) is 4.79 Å². The van der Waals surface area contributed by atoms with Crippen LogP contribution in [0.1, 0.15) is 29.8 Å². The topological polar surface area (TPSA) is 63.3 Å². The van der Waals surface area contributed by atoms with E-state index in [9.17, 15) is 4.79 Å². The van der Waals surface area contributed by atoms with Gasteiger partial charge in [0.2, 0.25) is 5.91 Å². The summed E-state index contributed by atoms with van der Waals surface area (Å²) in [5.41, 5.74) is 6.60. The van der Waals surface area contributed by atoms with Gasteiger partial charge in [0.15, 0.2) is 0 Å². The number of aryl methyl sites for hydroxylation is 1. The van der Waals surface area contributed by atoms with Crippen LogP contribution in [0.5, 0.6) is 0 Å². The molecule has 0 radical (unpaired) electrons. The maximum absolute atomic E-state index is 10.6. The predicted molar refractivity (Wildman–Crippen MR) is 57.1 cm³/mol. The molecule has 0 heterocycles. The fourth-order valence-corrected chi connectivity index (χ4v) is 0.849. The summed E-state index contributed by atoms with van der Waals surface area (Å²) in [6, 6.07) is 7.26. The number of hydrogen-bond donors (Lipinski definition) is 2. The lowest BCUT2D eigenvalue weighted by Crippen LogP contribution is -2.12. The highest BCUT2D eigenvalue weighted by atomic mass is 16.3. The molecule has 3 nitrogen and oxygen atoms in total. The minimum atomic E-state index is -0.363. The largest absolute Gasteiger partial charge is 0.394 e. The first kappa shape index (κ1) is 12.7. The fourth-order valence-electron chi connectivity index (χ4n) is 0.849. The van der Waals surface area contributed by atoms with Gasteiger partial charge in [-0.15, -0.1) is 0 Å². The van der Waals surface area contributed by atoms with Crippen molar-refractivity contribution in [2.75, 3.05) is 0 Å². The van der Waals surface area contributed by atoms with Crippen molar-refractivity contribution in [1.29, 1.82) is 0 Å². The minimum Gasteiger partial charge on any atom is -0.394 e. The number of nitrogens with two attached hydrogens (primary N) is 1. The van der Waals surface area contributed by atoms with E-state index in [1.165, 1.54) is 0 Å². The van der Waals surface area contributed by atoms with Gasteiger partial charge in [0.1, 0.15) is 0 Å². The molecule has 0 saturated heterocycles. The van der Waals surface area contributed by atoms with Crippen LogP contribution in [-0.2, 0) is 0 Å². The third-order valence-corrected chi connectivity index (χ3v) is 1.41. The van der Waals surface area contributed by atoms with Crippen LogP contribution >= 0.6 is 0 Å². The number of hydrogen-bond acceptors (Lipinski definition) is 2. The van der Waals surface area contributed by atoms with Crippen LogP contribution in [0.2, 0.25) is 0 Å². The molecule has 0 fully saturated rings. The van der Waals surface area contributed by atoms with E-state index >= 15 is 0 Å². The average Bonchev–Trinajstić information content (AvgIpc) is 2.03. The number of carbonyl (C=O) groups is 1. The molecule has 0 atom stereocenters. The second-order valence-corrected chi connectivity index (χ2v) is 3.27. The Labute approximate surface area is 84.6 Å². The van der Waals surface area contributed by atoms with Crippen LogP contribution in [0.15, 0.2) is 24.3 Å². The molecule has 0 unspecified atom stereocenters. The van der Waals surface area contributed by atoms with Crippen molar-refractivity contribution in [2.24, 2.45) is 5.73 Å². The third-order valence-electron chi connectivity index (χ3n) is 1.41. The Morgan fingerprint density at radius 1 is 1.36 bits per heavy atom. The Hall–Kier alpha value is -1.35. The van der Waals surface area contributed by atoms with Gasteiger partial charge in [-0.05, 0) is 32.4 Å². The van der Waals surface area contributed by atoms with Crippen LogP contribution < -0.4 is 5.73 Å². The molecule has 14 heavy (non-hydrogen) atoms. The number of aliphatic hydroxyl groups is 1. The first-order valence-electron chi connectivity index (χ1n) is 4.48. The van der Waals surface area contributed by atoms with Crippen LogP contribution in [0.4, 0.5) is 0 Å². The molecule has 1 aromatic carbocycles. The summed E-state index contributed by atoms with van der Waals surface area (Å²) in [5, 5.41) is 8.06. The molecule has 0 aliphatic heterocycles. The summed E-state index contributed by atoms with van der Waals surface area (Å²) < 4.78 is 0. The van der Waals surface area contributed by atoms with Crippen LogP contribution in [0.25, 0.3) is 0 Å². The Kier molecular flexibility index (Phi) is 5.56. The molecular weight excluding hydrogens is 178 g/mol. The number of primary amides is 1. The maximum atomic E-state index is 10.6. The highest BCUT2D eigenvalue weighted by Gasteiger charge is 2.00. The number of carbonyl (C=O) groups excluding carboxylic acids is 1. The predicted octanol–water partition coefficient (Wildman–Crippen LogP) is 1.48. The molecule has 1 rings (SSSR count). The van der Waals surface area contributed by atoms with E-state index in [0.717, 1.165) is 5.56 Å². The molecule has 0 aromatic heterocycles. The fraction of sp³-hybridized carbons (Fsp3) is 0.364. The van der Waals surface area contributed by atoms with E-state index in [2.05, 4.69) is 0 Å². The molecule has 0 bridgehead atoms. The van der Waals surface area contributed by atoms with Crippen molar-refractivity contribution in [2.45, 2.75) is 26.9 Å². The van der Waals surface area contributed by atoms with Crippen molar-refractivity contribution in [3.63, 3.8) is 0 Å². The molecule has 3 N–H and O–H groups in total. The van der Waals surface area contributed by atoms with Crippen LogP contribution in [0, 0.1) is 6.92 Å². The van der Waals surface area contributed by atoms with Gasteiger partial charge in [-0.25, -0.2) is 0 Å². The summed E-state index contributed by atoms with van der Waals surface area (Å²) >= 11 is 0. The first-order chi connectivity index (χ1) is 6.45. The van der Waals surface area contributed by atoms with E-state index in [1.54, 1.807) is 26.0 Å². The first-order valence-corrected chi connectivity index (χ1v) is 4.48. The van der Waals surface area contributed by atoms with E-state index in [-0.39, 0.29) is 12.0 Å². The summed E-state index contributed by atoms with van der Waals surface area (Å²) in [6.45, 7) is 5.31. The molecule has 1 aromatic rings. The molecule has 1 amide bonds. The summed E-state index contributed by atoms with van der Waals surface area (Å²) in [5.74, 6) is -0.363. The highest BCUT2D eigenvalue weighted by Crippen LogP contribution is 2.04. The van der Waals surface area contributed by atoms with Crippen molar-refractivity contribution in [3.8, 4) is 0 Å². The quantitative estimate of drug-likeness (QED) is 0.713. The second kappa shape index (κ2) is 6.16. The van der Waals surface area contributed by atoms with Crippen LogP contribution in [0.3, 0.4) is 0 Å². The SMILES string of the molecule is CC(C)O.Cc1ccccc1C(N)=O. The van der Waals surface area contributed by atoms with Gasteiger partial charge < -0.3 is 10.8 Å². The van der Waals surface area contributed by atoms with E-state index < -0.39 is 0 Å². The maximum Gasteiger partial charge on any atom is 0.248 e. The zero-order valence-electron chi connectivity index (χ0n) is 8.82. The van der Waals surface area contributed by atoms with Gasteiger partial charge >= 0.3 is 0 Å².